The lowest BCUT2D eigenvalue weighted by molar-refractivity contribution is -0.121. The van der Waals surface area contributed by atoms with E-state index < -0.39 is 0 Å². The highest BCUT2D eigenvalue weighted by molar-refractivity contribution is 5.81. The zero-order valence-corrected chi connectivity index (χ0v) is 20.6. The van der Waals surface area contributed by atoms with Crippen molar-refractivity contribution in [3.05, 3.63) is 90.3 Å². The van der Waals surface area contributed by atoms with Crippen LogP contribution in [0.2, 0.25) is 0 Å². The fourth-order valence-corrected chi connectivity index (χ4v) is 4.82. The molecule has 0 bridgehead atoms. The molecule has 0 radical (unpaired) electrons. The molecule has 1 unspecified atom stereocenters. The second kappa shape index (κ2) is 11.3. The molecule has 36 heavy (non-hydrogen) atoms. The Labute approximate surface area is 211 Å². The van der Waals surface area contributed by atoms with E-state index >= 15 is 0 Å². The number of carbonyl (C=O) groups excluding carboxylic acids is 1. The van der Waals surface area contributed by atoms with Gasteiger partial charge in [0.15, 0.2) is 0 Å². The van der Waals surface area contributed by atoms with E-state index in [1.165, 1.54) is 18.4 Å². The van der Waals surface area contributed by atoms with Crippen LogP contribution in [-0.4, -0.2) is 47.1 Å². The third-order valence-corrected chi connectivity index (χ3v) is 6.72. The van der Waals surface area contributed by atoms with Crippen LogP contribution in [0.15, 0.2) is 78.9 Å². The molecule has 3 aromatic carbocycles. The Bertz CT molecular complexity index is 1280. The van der Waals surface area contributed by atoms with Crippen molar-refractivity contribution in [3.63, 3.8) is 0 Å². The Balaban J connectivity index is 1.30. The van der Waals surface area contributed by atoms with E-state index in [2.05, 4.69) is 22.3 Å². The largest absolute Gasteiger partial charge is 0.497 e. The number of methoxy groups -OCH3 is 1. The number of aromatic nitrogens is 2. The van der Waals surface area contributed by atoms with Gasteiger partial charge in [-0.15, -0.1) is 0 Å². The van der Waals surface area contributed by atoms with Crippen molar-refractivity contribution in [3.8, 4) is 11.5 Å². The van der Waals surface area contributed by atoms with Crippen molar-refractivity contribution in [1.82, 2.24) is 19.8 Å². The van der Waals surface area contributed by atoms with Crippen molar-refractivity contribution in [2.75, 3.05) is 26.7 Å². The maximum Gasteiger partial charge on any atom is 0.240 e. The molecule has 1 amide bonds. The van der Waals surface area contributed by atoms with Crippen molar-refractivity contribution in [2.24, 2.45) is 0 Å². The number of ether oxygens (including phenoxy) is 2. The van der Waals surface area contributed by atoms with Crippen LogP contribution >= 0.6 is 0 Å². The summed E-state index contributed by atoms with van der Waals surface area (Å²) >= 11 is 0. The number of nitrogens with one attached hydrogen (secondary N) is 1. The zero-order valence-electron chi connectivity index (χ0n) is 20.6. The monoisotopic (exact) mass is 484 g/mol. The lowest BCUT2D eigenvalue weighted by atomic mass is 10.1. The number of benzene rings is 3. The molecule has 1 aliphatic heterocycles. The van der Waals surface area contributed by atoms with Gasteiger partial charge in [0.1, 0.15) is 30.5 Å². The molecule has 1 N–H and O–H groups in total. The minimum absolute atomic E-state index is 0.0446. The van der Waals surface area contributed by atoms with Gasteiger partial charge in [-0.2, -0.15) is 0 Å². The Morgan fingerprint density at radius 1 is 0.944 bits per heavy atom. The molecule has 0 aliphatic carbocycles. The van der Waals surface area contributed by atoms with Crippen LogP contribution in [0.25, 0.3) is 11.0 Å². The summed E-state index contributed by atoms with van der Waals surface area (Å²) in [6, 6.07) is 25.8. The summed E-state index contributed by atoms with van der Waals surface area (Å²) in [6.45, 7) is 3.10. The maximum atomic E-state index is 13.2. The fourth-order valence-electron chi connectivity index (χ4n) is 4.82. The summed E-state index contributed by atoms with van der Waals surface area (Å²) in [5.74, 6) is 2.28. The average Bonchev–Trinajstić information content (AvgIpc) is 3.57. The van der Waals surface area contributed by atoms with Gasteiger partial charge in [-0.3, -0.25) is 9.69 Å². The highest BCUT2D eigenvalue weighted by Crippen LogP contribution is 2.26. The first-order valence-electron chi connectivity index (χ1n) is 12.5. The van der Waals surface area contributed by atoms with Crippen molar-refractivity contribution in [2.45, 2.75) is 32.0 Å². The number of nitrogens with zero attached hydrogens (tertiary/aromatic N) is 3. The van der Waals surface area contributed by atoms with E-state index in [1.54, 1.807) is 7.11 Å². The summed E-state index contributed by atoms with van der Waals surface area (Å²) in [4.78, 5) is 20.4. The Morgan fingerprint density at radius 2 is 1.67 bits per heavy atom. The molecule has 1 saturated heterocycles. The third kappa shape index (κ3) is 5.52. The number of imidazole rings is 1. The van der Waals surface area contributed by atoms with Gasteiger partial charge >= 0.3 is 0 Å². The number of hydrogen-bond acceptors (Lipinski definition) is 5. The fraction of sp³-hybridized carbons (Fsp3) is 0.310. The molecule has 1 aromatic heterocycles. The Hall–Kier alpha value is -3.84. The van der Waals surface area contributed by atoms with E-state index in [-0.39, 0.29) is 25.1 Å². The Kier molecular flexibility index (Phi) is 7.47. The molecule has 1 aliphatic rings. The van der Waals surface area contributed by atoms with E-state index in [1.807, 2.05) is 71.3 Å². The second-order valence-corrected chi connectivity index (χ2v) is 9.04. The van der Waals surface area contributed by atoms with E-state index in [0.717, 1.165) is 41.4 Å². The highest BCUT2D eigenvalue weighted by Gasteiger charge is 2.24. The van der Waals surface area contributed by atoms with E-state index in [9.17, 15) is 4.79 Å². The number of rotatable bonds is 10. The van der Waals surface area contributed by atoms with E-state index in [0.29, 0.717) is 6.54 Å². The quantitative estimate of drug-likeness (QED) is 0.357. The maximum absolute atomic E-state index is 13.2. The number of amides is 1. The number of likely N-dealkylation sites (tertiary alicyclic amines) is 1. The summed E-state index contributed by atoms with van der Waals surface area (Å²) in [5, 5.41) is 3.19. The predicted octanol–water partition coefficient (Wildman–Crippen LogP) is 4.58. The van der Waals surface area contributed by atoms with Crippen LogP contribution in [0.5, 0.6) is 11.5 Å². The number of fused-ring (bicyclic) bond motifs is 1. The lowest BCUT2D eigenvalue weighted by Gasteiger charge is -2.28. The van der Waals surface area contributed by atoms with Crippen LogP contribution in [0.4, 0.5) is 0 Å². The molecular formula is C29H32N4O3. The lowest BCUT2D eigenvalue weighted by Crippen LogP contribution is -2.38. The van der Waals surface area contributed by atoms with Gasteiger partial charge in [-0.25, -0.2) is 4.98 Å². The van der Waals surface area contributed by atoms with Crippen LogP contribution in [0.3, 0.4) is 0 Å². The first-order chi connectivity index (χ1) is 17.7. The average molecular weight is 485 g/mol. The molecule has 2 heterocycles. The topological polar surface area (TPSA) is 68.6 Å². The van der Waals surface area contributed by atoms with Crippen LogP contribution in [-0.2, 0) is 17.9 Å². The SMILES string of the molecule is COc1ccc(C(CNC(=O)Cn2c(COc3ccccc3)nc3ccccc32)N2CCCC2)cc1. The highest BCUT2D eigenvalue weighted by atomic mass is 16.5. The number of hydrogen-bond donors (Lipinski definition) is 1. The van der Waals surface area contributed by atoms with Crippen molar-refractivity contribution in [1.29, 1.82) is 0 Å². The van der Waals surface area contributed by atoms with Crippen LogP contribution in [0, 0.1) is 0 Å². The molecule has 4 aromatic rings. The molecule has 0 saturated carbocycles. The number of para-hydroxylation sites is 3. The molecule has 1 atom stereocenters. The smallest absolute Gasteiger partial charge is 0.240 e. The minimum Gasteiger partial charge on any atom is -0.497 e. The van der Waals surface area contributed by atoms with Gasteiger partial charge in [0.2, 0.25) is 5.91 Å². The van der Waals surface area contributed by atoms with Crippen molar-refractivity contribution >= 4 is 16.9 Å². The third-order valence-electron chi connectivity index (χ3n) is 6.72. The van der Waals surface area contributed by atoms with E-state index in [4.69, 9.17) is 14.5 Å². The molecule has 0 spiro atoms. The molecule has 7 heteroatoms. The van der Waals surface area contributed by atoms with Gasteiger partial charge in [-0.1, -0.05) is 42.5 Å². The molecule has 186 valence electrons. The standard InChI is InChI=1S/C29H32N4O3/c1-35-23-15-13-22(14-16-23)27(32-17-7-8-18-32)19-30-29(34)20-33-26-12-6-5-11-25(26)31-28(33)21-36-24-9-3-2-4-10-24/h2-6,9-16,27H,7-8,17-21H2,1H3,(H,30,34). The minimum atomic E-state index is -0.0446. The summed E-state index contributed by atoms with van der Waals surface area (Å²) in [6.07, 6.45) is 2.37. The normalized spacial score (nSPS) is 14.6. The second-order valence-electron chi connectivity index (χ2n) is 9.04. The van der Waals surface area contributed by atoms with Gasteiger partial charge in [0, 0.05) is 6.54 Å². The van der Waals surface area contributed by atoms with Gasteiger partial charge in [0.05, 0.1) is 24.2 Å². The van der Waals surface area contributed by atoms with Crippen LogP contribution in [0.1, 0.15) is 30.3 Å². The first-order valence-corrected chi connectivity index (χ1v) is 12.5. The molecule has 1 fully saturated rings. The first kappa shape index (κ1) is 23.9. The molecule has 7 nitrogen and oxygen atoms in total. The van der Waals surface area contributed by atoms with Gasteiger partial charge < -0.3 is 19.4 Å². The molecular weight excluding hydrogens is 452 g/mol. The zero-order chi connectivity index (χ0) is 24.7. The molecule has 5 rings (SSSR count). The van der Waals surface area contributed by atoms with Crippen molar-refractivity contribution < 1.29 is 14.3 Å². The van der Waals surface area contributed by atoms with Gasteiger partial charge in [-0.05, 0) is 67.9 Å². The Morgan fingerprint density at radius 3 is 2.42 bits per heavy atom. The summed E-state index contributed by atoms with van der Waals surface area (Å²) < 4.78 is 13.2. The predicted molar refractivity (Wildman–Crippen MR) is 140 cm³/mol. The summed E-state index contributed by atoms with van der Waals surface area (Å²) in [7, 11) is 1.67. The van der Waals surface area contributed by atoms with Crippen LogP contribution < -0.4 is 14.8 Å². The number of carbonyl (C=O) groups is 1. The summed E-state index contributed by atoms with van der Waals surface area (Å²) in [5.41, 5.74) is 2.96. The van der Waals surface area contributed by atoms with Gasteiger partial charge in [0.25, 0.3) is 0 Å².